The second-order valence-corrected chi connectivity index (χ2v) is 7.06. The van der Waals surface area contributed by atoms with E-state index in [1.807, 2.05) is 42.5 Å². The minimum absolute atomic E-state index is 0. The van der Waals surface area contributed by atoms with Gasteiger partial charge in [-0.05, 0) is 23.3 Å². The number of nitrogens with zero attached hydrogens (tertiary/aromatic N) is 1. The largest absolute Gasteiger partial charge is 0.507 e. The number of aliphatic imine (C=N–C) groups is 1. The smallest absolute Gasteiger partial charge is 0.124 e. The number of phenolic OH excluding ortho intramolecular Hbond substituents is 1. The van der Waals surface area contributed by atoms with Crippen molar-refractivity contribution in [2.75, 3.05) is 0 Å². The molecule has 0 aliphatic carbocycles. The van der Waals surface area contributed by atoms with Gasteiger partial charge in [0.2, 0.25) is 0 Å². The van der Waals surface area contributed by atoms with Crippen LogP contribution in [-0.4, -0.2) is 10.8 Å². The topological polar surface area (TPSA) is 32.6 Å². The van der Waals surface area contributed by atoms with Crippen molar-refractivity contribution >= 4 is 17.0 Å². The summed E-state index contributed by atoms with van der Waals surface area (Å²) in [5, 5.41) is 10.4. The number of rotatable bonds is 3. The molecule has 0 amide bonds. The monoisotopic (exact) mass is 403 g/mol. The third-order valence-electron chi connectivity index (χ3n) is 4.95. The van der Waals surface area contributed by atoms with Crippen LogP contribution in [0.15, 0.2) is 89.9 Å². The first-order valence-corrected chi connectivity index (χ1v) is 8.82. The molecule has 0 aromatic heterocycles. The van der Waals surface area contributed by atoms with Crippen LogP contribution in [0.25, 0.3) is 11.3 Å². The van der Waals surface area contributed by atoms with Gasteiger partial charge in [0.25, 0.3) is 0 Å². The van der Waals surface area contributed by atoms with Gasteiger partial charge in [-0.25, -0.2) is 0 Å². The quantitative estimate of drug-likeness (QED) is 0.551. The third-order valence-corrected chi connectivity index (χ3v) is 4.95. The van der Waals surface area contributed by atoms with Gasteiger partial charge in [-0.2, -0.15) is 0 Å². The summed E-state index contributed by atoms with van der Waals surface area (Å²) >= 11 is 0. The van der Waals surface area contributed by atoms with E-state index >= 15 is 0 Å². The minimum Gasteiger partial charge on any atom is -0.507 e. The van der Waals surface area contributed by atoms with Crippen LogP contribution in [0.5, 0.6) is 5.75 Å². The zero-order chi connectivity index (χ0) is 18.1. The van der Waals surface area contributed by atoms with Crippen molar-refractivity contribution in [3.63, 3.8) is 0 Å². The Morgan fingerprint density at radius 3 is 1.81 bits per heavy atom. The van der Waals surface area contributed by atoms with Crippen LogP contribution in [0.2, 0.25) is 0 Å². The number of phenols is 1. The molecule has 1 heterocycles. The molecule has 0 atom stereocenters. The van der Waals surface area contributed by atoms with E-state index in [4.69, 9.17) is 4.99 Å². The van der Waals surface area contributed by atoms with Crippen LogP contribution in [0.1, 0.15) is 30.5 Å². The Morgan fingerprint density at radius 1 is 0.704 bits per heavy atom. The van der Waals surface area contributed by atoms with Crippen LogP contribution in [0.3, 0.4) is 0 Å². The van der Waals surface area contributed by atoms with Crippen LogP contribution in [0.4, 0.5) is 0 Å². The maximum Gasteiger partial charge on any atom is 0.124 e. The first-order valence-electron chi connectivity index (χ1n) is 8.82. The van der Waals surface area contributed by atoms with Gasteiger partial charge < -0.3 is 5.11 Å². The molecule has 0 radical (unpaired) electrons. The first-order chi connectivity index (χ1) is 12.6. The van der Waals surface area contributed by atoms with Crippen LogP contribution in [0, 0.1) is 5.41 Å². The van der Waals surface area contributed by atoms with E-state index in [0.717, 1.165) is 28.1 Å². The molecule has 0 spiro atoms. The molecule has 3 aromatic carbocycles. The molecule has 0 unspecified atom stereocenters. The number of allylic oxidation sites excluding steroid dienone is 1. The van der Waals surface area contributed by atoms with Crippen molar-refractivity contribution in [1.82, 2.24) is 0 Å². The van der Waals surface area contributed by atoms with Crippen LogP contribution in [-0.2, 0) is 19.5 Å². The van der Waals surface area contributed by atoms with Gasteiger partial charge >= 0.3 is 0 Å². The van der Waals surface area contributed by atoms with E-state index in [2.05, 4.69) is 50.2 Å². The van der Waals surface area contributed by atoms with Crippen molar-refractivity contribution in [1.29, 1.82) is 0 Å². The molecule has 1 aliphatic heterocycles. The van der Waals surface area contributed by atoms with Crippen molar-refractivity contribution in [3.05, 3.63) is 102 Å². The van der Waals surface area contributed by atoms with E-state index in [1.165, 1.54) is 5.57 Å². The number of aromatic hydroxyl groups is 1. The summed E-state index contributed by atoms with van der Waals surface area (Å²) in [5.74, 6) is 0.265. The van der Waals surface area contributed by atoms with Crippen LogP contribution >= 0.6 is 0 Å². The molecule has 2 nitrogen and oxygen atoms in total. The second kappa shape index (κ2) is 7.62. The second-order valence-electron chi connectivity index (χ2n) is 7.06. The first kappa shape index (κ1) is 19.3. The summed E-state index contributed by atoms with van der Waals surface area (Å²) in [5.41, 5.74) is 5.76. The molecule has 3 aromatic rings. The fraction of sp³-hybridized carbons (Fsp3) is 0.125. The summed E-state index contributed by atoms with van der Waals surface area (Å²) in [7, 11) is 0. The third kappa shape index (κ3) is 3.40. The summed E-state index contributed by atoms with van der Waals surface area (Å²) in [6.45, 7) is 4.35. The predicted octanol–water partition coefficient (Wildman–Crippen LogP) is 5.79. The molecule has 4 rings (SSSR count). The fourth-order valence-corrected chi connectivity index (χ4v) is 3.70. The normalized spacial score (nSPS) is 15.3. The Hall–Kier alpha value is -2.51. The van der Waals surface area contributed by atoms with Crippen LogP contribution < -0.4 is 0 Å². The fourth-order valence-electron chi connectivity index (χ4n) is 3.70. The van der Waals surface area contributed by atoms with Gasteiger partial charge in [-0.1, -0.05) is 86.6 Å². The maximum absolute atomic E-state index is 10.4. The Labute approximate surface area is 173 Å². The Bertz CT molecular complexity index is 1000. The molecular weight excluding hydrogens is 384 g/mol. The van der Waals surface area contributed by atoms with Gasteiger partial charge in [0.1, 0.15) is 5.75 Å². The average molecular weight is 405 g/mol. The van der Waals surface area contributed by atoms with E-state index in [9.17, 15) is 5.11 Å². The molecule has 0 bridgehead atoms. The molecular formula is C24H21NOZn. The predicted molar refractivity (Wildman–Crippen MR) is 108 cm³/mol. The molecule has 1 aliphatic rings. The average Bonchev–Trinajstić information content (AvgIpc) is 2.94. The zero-order valence-corrected chi connectivity index (χ0v) is 18.7. The van der Waals surface area contributed by atoms with Crippen molar-refractivity contribution in [2.45, 2.75) is 13.8 Å². The van der Waals surface area contributed by atoms with Crippen molar-refractivity contribution < 1.29 is 24.6 Å². The molecule has 0 fully saturated rings. The molecule has 0 saturated heterocycles. The number of hydrogen-bond donors (Lipinski definition) is 1. The van der Waals surface area contributed by atoms with Gasteiger partial charge in [-0.15, -0.1) is 0 Å². The van der Waals surface area contributed by atoms with Crippen molar-refractivity contribution in [3.8, 4) is 5.75 Å². The number of para-hydroxylation sites is 1. The summed E-state index contributed by atoms with van der Waals surface area (Å²) in [6.07, 6.45) is 0. The van der Waals surface area contributed by atoms with Gasteiger partial charge in [-0.3, -0.25) is 4.99 Å². The van der Waals surface area contributed by atoms with E-state index in [1.54, 1.807) is 6.07 Å². The Morgan fingerprint density at radius 2 is 1.22 bits per heavy atom. The summed E-state index contributed by atoms with van der Waals surface area (Å²) < 4.78 is 0. The standard InChI is InChI=1S/C24H21NO.Zn/c1-24(2)21(17-11-5-3-6-12-17)22(18-13-7-4-8-14-18)25-23(24)19-15-9-10-16-20(19)26;/h3-16,26H,1-2H3;. The zero-order valence-electron chi connectivity index (χ0n) is 15.7. The SMILES string of the molecule is CC1(C)C(c2ccccc2O)=NC(c2ccccc2)=C1c1ccccc1.[Zn]. The summed E-state index contributed by atoms with van der Waals surface area (Å²) in [6, 6.07) is 28.1. The molecule has 27 heavy (non-hydrogen) atoms. The van der Waals surface area contributed by atoms with Crippen molar-refractivity contribution in [2.24, 2.45) is 10.4 Å². The number of hydrogen-bond acceptors (Lipinski definition) is 2. The van der Waals surface area contributed by atoms with Gasteiger partial charge in [0, 0.05) is 36.0 Å². The Balaban J connectivity index is 0.00000210. The Kier molecular flexibility index (Phi) is 5.44. The summed E-state index contributed by atoms with van der Waals surface area (Å²) in [4.78, 5) is 5.04. The molecule has 3 heteroatoms. The van der Waals surface area contributed by atoms with E-state index in [-0.39, 0.29) is 30.6 Å². The minimum atomic E-state index is -0.328. The molecule has 0 saturated carbocycles. The van der Waals surface area contributed by atoms with E-state index < -0.39 is 0 Å². The molecule has 1 N–H and O–H groups in total. The number of benzene rings is 3. The molecule has 130 valence electrons. The maximum atomic E-state index is 10.4. The van der Waals surface area contributed by atoms with Gasteiger partial charge in [0.15, 0.2) is 0 Å². The van der Waals surface area contributed by atoms with Gasteiger partial charge in [0.05, 0.1) is 11.4 Å². The van der Waals surface area contributed by atoms with E-state index in [0.29, 0.717) is 0 Å².